The molecule has 2 aromatic rings. The van der Waals surface area contributed by atoms with Crippen molar-refractivity contribution in [1.82, 2.24) is 4.90 Å². The van der Waals surface area contributed by atoms with Gasteiger partial charge in [-0.1, -0.05) is 19.1 Å². The summed E-state index contributed by atoms with van der Waals surface area (Å²) in [5, 5.41) is 0. The molecule has 34 heavy (non-hydrogen) atoms. The van der Waals surface area contributed by atoms with Gasteiger partial charge in [-0.3, -0.25) is 19.3 Å². The minimum Gasteiger partial charge on any atom is -0.479 e. The van der Waals surface area contributed by atoms with Gasteiger partial charge in [0, 0.05) is 43.9 Å². The van der Waals surface area contributed by atoms with E-state index in [9.17, 15) is 14.4 Å². The first-order chi connectivity index (χ1) is 16.3. The number of hydrogen-bond acceptors (Lipinski definition) is 5. The Morgan fingerprint density at radius 2 is 1.76 bits per heavy atom. The van der Waals surface area contributed by atoms with Crippen molar-refractivity contribution in [2.24, 2.45) is 0 Å². The van der Waals surface area contributed by atoms with E-state index in [0.29, 0.717) is 36.5 Å². The van der Waals surface area contributed by atoms with E-state index in [1.54, 1.807) is 25.1 Å². The minimum absolute atomic E-state index is 0.0187. The SMILES string of the molecule is CCCC(=O)c1ccc2c(c1)N(CC(=O)N1CCN(c3cccc(C)c3C)CC1)C(=O)C(C)O2. The number of aryl methyl sites for hydroxylation is 1. The molecular formula is C27H33N3O4. The van der Waals surface area contributed by atoms with Gasteiger partial charge in [0.15, 0.2) is 11.9 Å². The van der Waals surface area contributed by atoms with Crippen molar-refractivity contribution in [2.75, 3.05) is 42.5 Å². The second-order valence-electron chi connectivity index (χ2n) is 9.13. The number of hydrogen-bond donors (Lipinski definition) is 0. The van der Waals surface area contributed by atoms with Crippen LogP contribution in [-0.2, 0) is 9.59 Å². The minimum atomic E-state index is -0.682. The molecule has 7 nitrogen and oxygen atoms in total. The van der Waals surface area contributed by atoms with E-state index in [0.717, 1.165) is 19.5 Å². The van der Waals surface area contributed by atoms with E-state index >= 15 is 0 Å². The van der Waals surface area contributed by atoms with Gasteiger partial charge in [0.2, 0.25) is 5.91 Å². The molecule has 4 rings (SSSR count). The van der Waals surface area contributed by atoms with Crippen LogP contribution in [0.3, 0.4) is 0 Å². The number of carbonyl (C=O) groups excluding carboxylic acids is 3. The zero-order valence-corrected chi connectivity index (χ0v) is 20.5. The second-order valence-corrected chi connectivity index (χ2v) is 9.13. The highest BCUT2D eigenvalue weighted by molar-refractivity contribution is 6.05. The second kappa shape index (κ2) is 9.87. The average molecular weight is 464 g/mol. The summed E-state index contributed by atoms with van der Waals surface area (Å²) >= 11 is 0. The van der Waals surface area contributed by atoms with E-state index in [-0.39, 0.29) is 24.1 Å². The van der Waals surface area contributed by atoms with Crippen molar-refractivity contribution < 1.29 is 19.1 Å². The fraction of sp³-hybridized carbons (Fsp3) is 0.444. The van der Waals surface area contributed by atoms with Crippen molar-refractivity contribution in [2.45, 2.75) is 46.6 Å². The molecule has 0 N–H and O–H groups in total. The molecule has 0 spiro atoms. The van der Waals surface area contributed by atoms with Crippen LogP contribution in [0.15, 0.2) is 36.4 Å². The van der Waals surface area contributed by atoms with Crippen LogP contribution in [0, 0.1) is 13.8 Å². The predicted octanol–water partition coefficient (Wildman–Crippen LogP) is 3.75. The summed E-state index contributed by atoms with van der Waals surface area (Å²) in [6, 6.07) is 11.4. The van der Waals surface area contributed by atoms with Gasteiger partial charge in [-0.15, -0.1) is 0 Å². The summed E-state index contributed by atoms with van der Waals surface area (Å²) in [7, 11) is 0. The van der Waals surface area contributed by atoms with Gasteiger partial charge in [-0.2, -0.15) is 0 Å². The fourth-order valence-corrected chi connectivity index (χ4v) is 4.63. The van der Waals surface area contributed by atoms with E-state index in [2.05, 4.69) is 36.9 Å². The molecule has 1 fully saturated rings. The van der Waals surface area contributed by atoms with E-state index in [4.69, 9.17) is 4.74 Å². The molecule has 0 radical (unpaired) electrons. The van der Waals surface area contributed by atoms with Gasteiger partial charge in [-0.05, 0) is 62.6 Å². The third-order valence-corrected chi connectivity index (χ3v) is 6.81. The summed E-state index contributed by atoms with van der Waals surface area (Å²) in [5.74, 6) is 0.173. The lowest BCUT2D eigenvalue weighted by molar-refractivity contribution is -0.133. The van der Waals surface area contributed by atoms with Crippen molar-refractivity contribution in [3.8, 4) is 5.75 Å². The molecule has 2 aliphatic heterocycles. The summed E-state index contributed by atoms with van der Waals surface area (Å²) in [6.07, 6.45) is 0.505. The third kappa shape index (κ3) is 4.65. The molecule has 0 saturated carbocycles. The highest BCUT2D eigenvalue weighted by Crippen LogP contribution is 2.35. The highest BCUT2D eigenvalue weighted by atomic mass is 16.5. The Balaban J connectivity index is 1.48. The summed E-state index contributed by atoms with van der Waals surface area (Å²) < 4.78 is 5.75. The normalized spacial score (nSPS) is 17.9. The molecule has 1 saturated heterocycles. The quantitative estimate of drug-likeness (QED) is 0.611. The monoisotopic (exact) mass is 463 g/mol. The van der Waals surface area contributed by atoms with Crippen LogP contribution < -0.4 is 14.5 Å². The van der Waals surface area contributed by atoms with Gasteiger partial charge in [0.1, 0.15) is 12.3 Å². The molecule has 0 aliphatic carbocycles. The molecule has 2 amide bonds. The van der Waals surface area contributed by atoms with Gasteiger partial charge in [0.25, 0.3) is 5.91 Å². The van der Waals surface area contributed by atoms with Gasteiger partial charge in [-0.25, -0.2) is 0 Å². The Morgan fingerprint density at radius 1 is 1.03 bits per heavy atom. The molecule has 7 heteroatoms. The number of benzene rings is 2. The number of ketones is 1. The number of piperazine rings is 1. The highest BCUT2D eigenvalue weighted by Gasteiger charge is 2.35. The topological polar surface area (TPSA) is 70.2 Å². The van der Waals surface area contributed by atoms with Crippen LogP contribution >= 0.6 is 0 Å². The van der Waals surface area contributed by atoms with Crippen molar-refractivity contribution in [1.29, 1.82) is 0 Å². The zero-order chi connectivity index (χ0) is 24.4. The molecule has 2 aliphatic rings. The molecule has 0 bridgehead atoms. The fourth-order valence-electron chi connectivity index (χ4n) is 4.63. The summed E-state index contributed by atoms with van der Waals surface area (Å²) in [4.78, 5) is 44.2. The summed E-state index contributed by atoms with van der Waals surface area (Å²) in [6.45, 7) is 10.5. The van der Waals surface area contributed by atoms with Crippen LogP contribution in [0.1, 0.15) is 48.2 Å². The van der Waals surface area contributed by atoms with Crippen molar-refractivity contribution in [3.63, 3.8) is 0 Å². The molecule has 2 aromatic carbocycles. The van der Waals surface area contributed by atoms with Gasteiger partial charge < -0.3 is 14.5 Å². The number of amides is 2. The van der Waals surface area contributed by atoms with Crippen LogP contribution in [0.4, 0.5) is 11.4 Å². The molecule has 0 aromatic heterocycles. The van der Waals surface area contributed by atoms with Crippen LogP contribution in [0.2, 0.25) is 0 Å². The zero-order valence-electron chi connectivity index (χ0n) is 20.5. The number of ether oxygens (including phenoxy) is 1. The first kappa shape index (κ1) is 23.8. The van der Waals surface area contributed by atoms with Gasteiger partial charge >= 0.3 is 0 Å². The van der Waals surface area contributed by atoms with Crippen LogP contribution in [0.25, 0.3) is 0 Å². The Morgan fingerprint density at radius 3 is 2.47 bits per heavy atom. The number of anilines is 2. The van der Waals surface area contributed by atoms with E-state index in [1.807, 2.05) is 11.8 Å². The standard InChI is InChI=1S/C27H33N3O4/c1-5-7-24(31)21-10-11-25-23(16-21)30(27(33)20(4)34-25)17-26(32)29-14-12-28(13-15-29)22-9-6-8-18(2)19(22)3/h6,8-11,16,20H,5,7,12-15,17H2,1-4H3. The molecular weight excluding hydrogens is 430 g/mol. The lowest BCUT2D eigenvalue weighted by atomic mass is 10.0. The van der Waals surface area contributed by atoms with Crippen molar-refractivity contribution >= 4 is 29.0 Å². The number of fused-ring (bicyclic) bond motifs is 1. The Kier molecular flexibility index (Phi) is 6.91. The Labute approximate surface area is 201 Å². The molecule has 1 atom stereocenters. The van der Waals surface area contributed by atoms with E-state index in [1.165, 1.54) is 21.7 Å². The first-order valence-electron chi connectivity index (χ1n) is 12.0. The molecule has 180 valence electrons. The lowest BCUT2D eigenvalue weighted by Gasteiger charge is -2.39. The number of Topliss-reactive ketones (excluding diaryl/α,β-unsaturated/α-hetero) is 1. The lowest BCUT2D eigenvalue weighted by Crippen LogP contribution is -2.54. The van der Waals surface area contributed by atoms with Crippen molar-refractivity contribution in [3.05, 3.63) is 53.1 Å². The maximum absolute atomic E-state index is 13.2. The molecule has 2 heterocycles. The third-order valence-electron chi connectivity index (χ3n) is 6.81. The maximum Gasteiger partial charge on any atom is 0.268 e. The maximum atomic E-state index is 13.2. The van der Waals surface area contributed by atoms with E-state index < -0.39 is 6.10 Å². The van der Waals surface area contributed by atoms with Crippen LogP contribution in [-0.4, -0.2) is 61.3 Å². The Bertz CT molecular complexity index is 1110. The summed E-state index contributed by atoms with van der Waals surface area (Å²) in [5.41, 5.74) is 4.76. The number of nitrogens with zero attached hydrogens (tertiary/aromatic N) is 3. The largest absolute Gasteiger partial charge is 0.479 e. The predicted molar refractivity (Wildman–Crippen MR) is 133 cm³/mol. The number of carbonyl (C=O) groups is 3. The average Bonchev–Trinajstić information content (AvgIpc) is 2.83. The smallest absolute Gasteiger partial charge is 0.268 e. The number of rotatable bonds is 6. The first-order valence-corrected chi connectivity index (χ1v) is 12.0. The molecule has 1 unspecified atom stereocenters. The van der Waals surface area contributed by atoms with Gasteiger partial charge in [0.05, 0.1) is 5.69 Å². The Hall–Kier alpha value is -3.35. The van der Waals surface area contributed by atoms with Crippen LogP contribution in [0.5, 0.6) is 5.75 Å².